The molecule has 68 valence electrons. The van der Waals surface area contributed by atoms with Gasteiger partial charge in [0.05, 0.1) is 0 Å². The summed E-state index contributed by atoms with van der Waals surface area (Å²) in [5.74, 6) is -1.89. The molecule has 0 aromatic carbocycles. The number of carboxylic acids is 1. The predicted molar refractivity (Wildman–Crippen MR) is 41.4 cm³/mol. The highest BCUT2D eigenvalue weighted by molar-refractivity contribution is 5.90. The van der Waals surface area contributed by atoms with Crippen LogP contribution in [0.2, 0.25) is 0 Å². The number of hydrogen-bond donors (Lipinski definition) is 2. The molecule has 5 nitrogen and oxygen atoms in total. The fourth-order valence-electron chi connectivity index (χ4n) is 0.401. The largest absolute Gasteiger partial charge is 0.478 e. The minimum Gasteiger partial charge on any atom is -0.478 e. The van der Waals surface area contributed by atoms with Crippen LogP contribution in [0.1, 0.15) is 6.92 Å². The Morgan fingerprint density at radius 2 is 2.17 bits per heavy atom. The van der Waals surface area contributed by atoms with E-state index in [-0.39, 0.29) is 12.6 Å². The number of hydrogen-bond acceptors (Lipinski definition) is 4. The summed E-state index contributed by atoms with van der Waals surface area (Å²) in [6.45, 7) is 1.76. The van der Waals surface area contributed by atoms with Gasteiger partial charge in [-0.1, -0.05) is 0 Å². The lowest BCUT2D eigenvalue weighted by atomic mass is 10.4. The van der Waals surface area contributed by atoms with Crippen LogP contribution in [-0.4, -0.2) is 29.7 Å². The van der Waals surface area contributed by atoms with E-state index in [1.165, 1.54) is 0 Å². The number of carboxylic acid groups (broad SMARTS) is 1. The fourth-order valence-corrected chi connectivity index (χ4v) is 0.401. The molecule has 0 rings (SSSR count). The Kier molecular flexibility index (Phi) is 4.71. The Labute approximate surface area is 69.8 Å². The minimum absolute atomic E-state index is 0.0861. The number of rotatable bonds is 4. The average molecular weight is 173 g/mol. The molecule has 12 heavy (non-hydrogen) atoms. The van der Waals surface area contributed by atoms with E-state index in [4.69, 9.17) is 10.8 Å². The molecular formula is C7H11NO4. The number of ether oxygens (including phenoxy) is 1. The Bertz CT molecular complexity index is 198. The molecule has 0 aliphatic carbocycles. The molecule has 0 saturated heterocycles. The third-order valence-corrected chi connectivity index (χ3v) is 0.850. The van der Waals surface area contributed by atoms with Crippen molar-refractivity contribution in [3.05, 3.63) is 12.2 Å². The molecule has 1 atom stereocenters. The van der Waals surface area contributed by atoms with Gasteiger partial charge >= 0.3 is 11.9 Å². The molecule has 0 aliphatic heterocycles. The van der Waals surface area contributed by atoms with E-state index in [0.717, 1.165) is 6.08 Å². The quantitative estimate of drug-likeness (QED) is 0.442. The molecule has 0 saturated carbocycles. The minimum atomic E-state index is -1.19. The first-order chi connectivity index (χ1) is 5.52. The van der Waals surface area contributed by atoms with Gasteiger partial charge in [-0.05, 0) is 6.92 Å². The molecule has 0 bridgehead atoms. The standard InChI is InChI=1S/C7H11NO4/c1-5(8)4-12-7(11)3-2-6(9)10/h2-3,5H,4,8H2,1H3,(H,9,10)/b3-2-. The second-order valence-corrected chi connectivity index (χ2v) is 2.28. The highest BCUT2D eigenvalue weighted by atomic mass is 16.5. The molecule has 0 amide bonds. The average Bonchev–Trinajstić information content (AvgIpc) is 1.96. The highest BCUT2D eigenvalue weighted by Gasteiger charge is 1.99. The molecule has 0 spiro atoms. The predicted octanol–water partition coefficient (Wildman–Crippen LogP) is -0.482. The summed E-state index contributed by atoms with van der Waals surface area (Å²) < 4.78 is 4.54. The molecular weight excluding hydrogens is 162 g/mol. The van der Waals surface area contributed by atoms with Crippen LogP contribution < -0.4 is 5.73 Å². The molecule has 0 aromatic rings. The van der Waals surface area contributed by atoms with Gasteiger partial charge in [-0.3, -0.25) is 0 Å². The Balaban J connectivity index is 3.67. The van der Waals surface area contributed by atoms with Crippen molar-refractivity contribution >= 4 is 11.9 Å². The first-order valence-electron chi connectivity index (χ1n) is 3.35. The summed E-state index contributed by atoms with van der Waals surface area (Å²) in [6.07, 6.45) is 1.55. The van der Waals surface area contributed by atoms with Crippen LogP contribution in [0.4, 0.5) is 0 Å². The molecule has 0 heterocycles. The van der Waals surface area contributed by atoms with Crippen LogP contribution in [0.3, 0.4) is 0 Å². The molecule has 0 radical (unpaired) electrons. The van der Waals surface area contributed by atoms with Crippen molar-refractivity contribution in [1.29, 1.82) is 0 Å². The maximum atomic E-state index is 10.6. The van der Waals surface area contributed by atoms with E-state index < -0.39 is 11.9 Å². The van der Waals surface area contributed by atoms with E-state index >= 15 is 0 Å². The lowest BCUT2D eigenvalue weighted by Gasteiger charge is -2.03. The third kappa shape index (κ3) is 6.76. The van der Waals surface area contributed by atoms with Gasteiger partial charge in [-0.2, -0.15) is 0 Å². The smallest absolute Gasteiger partial charge is 0.331 e. The van der Waals surface area contributed by atoms with E-state index in [9.17, 15) is 9.59 Å². The summed E-state index contributed by atoms with van der Waals surface area (Å²) in [4.78, 5) is 20.5. The topological polar surface area (TPSA) is 89.6 Å². The van der Waals surface area contributed by atoms with Crippen molar-refractivity contribution in [2.75, 3.05) is 6.61 Å². The fraction of sp³-hybridized carbons (Fsp3) is 0.429. The second kappa shape index (κ2) is 5.31. The van der Waals surface area contributed by atoms with Crippen LogP contribution in [0.15, 0.2) is 12.2 Å². The van der Waals surface area contributed by atoms with Gasteiger partial charge in [0.15, 0.2) is 0 Å². The van der Waals surface area contributed by atoms with Crippen molar-refractivity contribution in [3.63, 3.8) is 0 Å². The number of carbonyl (C=O) groups excluding carboxylic acids is 1. The van der Waals surface area contributed by atoms with E-state index in [2.05, 4.69) is 4.74 Å². The summed E-state index contributed by atoms with van der Waals surface area (Å²) >= 11 is 0. The highest BCUT2D eigenvalue weighted by Crippen LogP contribution is 1.84. The monoisotopic (exact) mass is 173 g/mol. The summed E-state index contributed by atoms with van der Waals surface area (Å²) in [6, 6.07) is -0.243. The first kappa shape index (κ1) is 10.6. The van der Waals surface area contributed by atoms with Crippen molar-refractivity contribution in [1.82, 2.24) is 0 Å². The van der Waals surface area contributed by atoms with Gasteiger partial charge in [0, 0.05) is 18.2 Å². The van der Waals surface area contributed by atoms with Gasteiger partial charge in [0.2, 0.25) is 0 Å². The number of carbonyl (C=O) groups is 2. The Hall–Kier alpha value is -1.36. The van der Waals surface area contributed by atoms with Crippen LogP contribution in [-0.2, 0) is 14.3 Å². The van der Waals surface area contributed by atoms with Crippen LogP contribution in [0, 0.1) is 0 Å². The van der Waals surface area contributed by atoms with Gasteiger partial charge in [-0.15, -0.1) is 0 Å². The molecule has 3 N–H and O–H groups in total. The normalized spacial score (nSPS) is 12.8. The zero-order chi connectivity index (χ0) is 9.56. The lowest BCUT2D eigenvalue weighted by molar-refractivity contribution is -0.139. The van der Waals surface area contributed by atoms with Gasteiger partial charge in [-0.25, -0.2) is 9.59 Å². The van der Waals surface area contributed by atoms with Crippen LogP contribution >= 0.6 is 0 Å². The zero-order valence-corrected chi connectivity index (χ0v) is 6.69. The maximum absolute atomic E-state index is 10.6. The second-order valence-electron chi connectivity index (χ2n) is 2.28. The summed E-state index contributed by atoms with van der Waals surface area (Å²) in [5, 5.41) is 8.12. The van der Waals surface area contributed by atoms with E-state index in [1.54, 1.807) is 6.92 Å². The Morgan fingerprint density at radius 1 is 1.58 bits per heavy atom. The number of aliphatic carboxylic acids is 1. The molecule has 0 fully saturated rings. The molecule has 0 aliphatic rings. The molecule has 1 unspecified atom stereocenters. The van der Waals surface area contributed by atoms with Crippen molar-refractivity contribution in [2.24, 2.45) is 5.73 Å². The maximum Gasteiger partial charge on any atom is 0.331 e. The first-order valence-corrected chi connectivity index (χ1v) is 3.35. The molecule has 0 aromatic heterocycles. The summed E-state index contributed by atoms with van der Waals surface area (Å²) in [5.41, 5.74) is 5.28. The van der Waals surface area contributed by atoms with Gasteiger partial charge < -0.3 is 15.6 Å². The van der Waals surface area contributed by atoms with Crippen LogP contribution in [0.25, 0.3) is 0 Å². The van der Waals surface area contributed by atoms with Crippen molar-refractivity contribution < 1.29 is 19.4 Å². The molecule has 5 heteroatoms. The van der Waals surface area contributed by atoms with E-state index in [1.807, 2.05) is 0 Å². The SMILES string of the molecule is CC(N)COC(=O)/C=C\C(=O)O. The summed E-state index contributed by atoms with van der Waals surface area (Å²) in [7, 11) is 0. The van der Waals surface area contributed by atoms with Crippen molar-refractivity contribution in [2.45, 2.75) is 13.0 Å². The lowest BCUT2D eigenvalue weighted by Crippen LogP contribution is -2.23. The Morgan fingerprint density at radius 3 is 2.58 bits per heavy atom. The number of nitrogens with two attached hydrogens (primary N) is 1. The number of esters is 1. The third-order valence-electron chi connectivity index (χ3n) is 0.850. The van der Waals surface area contributed by atoms with Crippen LogP contribution in [0.5, 0.6) is 0 Å². The van der Waals surface area contributed by atoms with Gasteiger partial charge in [0.25, 0.3) is 0 Å². The zero-order valence-electron chi connectivity index (χ0n) is 6.69. The van der Waals surface area contributed by atoms with Gasteiger partial charge in [0.1, 0.15) is 6.61 Å². The van der Waals surface area contributed by atoms with Crippen molar-refractivity contribution in [3.8, 4) is 0 Å². The van der Waals surface area contributed by atoms with E-state index in [0.29, 0.717) is 6.08 Å².